The summed E-state index contributed by atoms with van der Waals surface area (Å²) in [5, 5.41) is 6.69. The van der Waals surface area contributed by atoms with E-state index < -0.39 is 0 Å². The average molecular weight is 274 g/mol. The number of hydrogen-bond acceptors (Lipinski definition) is 5. The number of anilines is 2. The van der Waals surface area contributed by atoms with Gasteiger partial charge < -0.3 is 15.2 Å². The maximum Gasteiger partial charge on any atom is 0.132 e. The topological polar surface area (TPSA) is 67.7 Å². The molecule has 0 saturated heterocycles. The zero-order valence-electron chi connectivity index (χ0n) is 12.3. The van der Waals surface area contributed by atoms with E-state index in [1.54, 1.807) is 6.20 Å². The number of rotatable bonds is 7. The zero-order valence-corrected chi connectivity index (χ0v) is 12.3. The van der Waals surface area contributed by atoms with Crippen LogP contribution in [0.5, 0.6) is 0 Å². The maximum absolute atomic E-state index is 4.42. The number of nitrogens with zero attached hydrogens (tertiary/aromatic N) is 4. The molecule has 2 heterocycles. The summed E-state index contributed by atoms with van der Waals surface area (Å²) in [5.41, 5.74) is 0. The molecule has 1 atom stereocenters. The lowest BCUT2D eigenvalue weighted by Gasteiger charge is -2.16. The third-order valence-corrected chi connectivity index (χ3v) is 2.83. The number of imidazole rings is 1. The molecule has 0 aliphatic rings. The molecule has 20 heavy (non-hydrogen) atoms. The number of aryl methyl sites for hydroxylation is 1. The van der Waals surface area contributed by atoms with Crippen LogP contribution in [-0.2, 0) is 6.54 Å². The van der Waals surface area contributed by atoms with E-state index in [2.05, 4.69) is 39.4 Å². The molecule has 6 nitrogen and oxygen atoms in total. The van der Waals surface area contributed by atoms with Crippen molar-refractivity contribution in [2.24, 2.45) is 0 Å². The Morgan fingerprint density at radius 1 is 1.30 bits per heavy atom. The molecule has 0 fully saturated rings. The van der Waals surface area contributed by atoms with Crippen molar-refractivity contribution in [1.82, 2.24) is 19.5 Å². The molecular weight excluding hydrogens is 252 g/mol. The van der Waals surface area contributed by atoms with Crippen LogP contribution in [0.3, 0.4) is 0 Å². The lowest BCUT2D eigenvalue weighted by atomic mass is 10.3. The van der Waals surface area contributed by atoms with E-state index in [0.717, 1.165) is 37.0 Å². The maximum atomic E-state index is 4.42. The predicted molar refractivity (Wildman–Crippen MR) is 80.9 cm³/mol. The molecule has 0 radical (unpaired) electrons. The van der Waals surface area contributed by atoms with Crippen LogP contribution in [0.15, 0.2) is 24.8 Å². The van der Waals surface area contributed by atoms with Gasteiger partial charge in [0.1, 0.15) is 17.5 Å². The van der Waals surface area contributed by atoms with E-state index in [0.29, 0.717) is 0 Å². The first-order valence-corrected chi connectivity index (χ1v) is 6.99. The smallest absolute Gasteiger partial charge is 0.132 e. The van der Waals surface area contributed by atoms with E-state index in [4.69, 9.17) is 0 Å². The fourth-order valence-corrected chi connectivity index (χ4v) is 1.99. The van der Waals surface area contributed by atoms with Crippen LogP contribution in [0, 0.1) is 6.92 Å². The Hall–Kier alpha value is -2.11. The van der Waals surface area contributed by atoms with Crippen LogP contribution in [0.4, 0.5) is 11.6 Å². The van der Waals surface area contributed by atoms with Gasteiger partial charge in [-0.05, 0) is 20.3 Å². The minimum absolute atomic E-state index is 0.262. The van der Waals surface area contributed by atoms with Gasteiger partial charge in [0.05, 0.1) is 6.33 Å². The van der Waals surface area contributed by atoms with Crippen molar-refractivity contribution in [2.45, 2.75) is 39.8 Å². The van der Waals surface area contributed by atoms with Crippen molar-refractivity contribution in [3.8, 4) is 0 Å². The van der Waals surface area contributed by atoms with E-state index in [9.17, 15) is 0 Å². The molecule has 6 heteroatoms. The molecule has 0 aliphatic carbocycles. The van der Waals surface area contributed by atoms with Gasteiger partial charge in [0.25, 0.3) is 0 Å². The van der Waals surface area contributed by atoms with E-state index in [1.165, 1.54) is 0 Å². The molecule has 2 N–H and O–H groups in total. The quantitative estimate of drug-likeness (QED) is 0.811. The molecule has 0 amide bonds. The second-order valence-corrected chi connectivity index (χ2v) is 4.92. The average Bonchev–Trinajstić information content (AvgIpc) is 2.88. The van der Waals surface area contributed by atoms with Gasteiger partial charge in [-0.3, -0.25) is 0 Å². The number of hydrogen-bond donors (Lipinski definition) is 2. The molecule has 0 saturated carbocycles. The fourth-order valence-electron chi connectivity index (χ4n) is 1.99. The van der Waals surface area contributed by atoms with Crippen LogP contribution < -0.4 is 10.6 Å². The lowest BCUT2D eigenvalue weighted by molar-refractivity contribution is 0.616. The molecule has 108 valence electrons. The third kappa shape index (κ3) is 4.22. The Labute approximate surface area is 119 Å². The highest BCUT2D eigenvalue weighted by Crippen LogP contribution is 2.12. The second-order valence-electron chi connectivity index (χ2n) is 4.92. The lowest BCUT2D eigenvalue weighted by Crippen LogP contribution is -2.22. The standard InChI is InChI=1S/C14H22N6/c1-4-5-16-13-8-14(19-12(3)18-13)17-11(2)9-20-7-6-15-10-20/h6-8,10-11H,4-5,9H2,1-3H3,(H2,16,17,18,19). The Balaban J connectivity index is 1.98. The summed E-state index contributed by atoms with van der Waals surface area (Å²) in [6, 6.07) is 2.21. The van der Waals surface area contributed by atoms with Gasteiger partial charge in [-0.2, -0.15) is 0 Å². The van der Waals surface area contributed by atoms with Gasteiger partial charge in [-0.15, -0.1) is 0 Å². The van der Waals surface area contributed by atoms with Crippen molar-refractivity contribution < 1.29 is 0 Å². The van der Waals surface area contributed by atoms with E-state index in [-0.39, 0.29) is 6.04 Å². The van der Waals surface area contributed by atoms with Crippen LogP contribution in [-0.4, -0.2) is 32.1 Å². The normalized spacial score (nSPS) is 12.2. The van der Waals surface area contributed by atoms with Gasteiger partial charge in [-0.1, -0.05) is 6.92 Å². The first-order chi connectivity index (χ1) is 9.67. The molecule has 2 aromatic heterocycles. The molecule has 0 aliphatic heterocycles. The fraction of sp³-hybridized carbons (Fsp3) is 0.500. The first-order valence-electron chi connectivity index (χ1n) is 6.99. The molecule has 0 spiro atoms. The van der Waals surface area contributed by atoms with Gasteiger partial charge in [0, 0.05) is 37.6 Å². The molecule has 0 aromatic carbocycles. The minimum Gasteiger partial charge on any atom is -0.370 e. The summed E-state index contributed by atoms with van der Waals surface area (Å²) in [6.07, 6.45) is 6.63. The predicted octanol–water partition coefficient (Wildman–Crippen LogP) is 2.30. The molecule has 0 bridgehead atoms. The van der Waals surface area contributed by atoms with Crippen molar-refractivity contribution in [3.63, 3.8) is 0 Å². The number of aromatic nitrogens is 4. The highest BCUT2D eigenvalue weighted by atomic mass is 15.1. The van der Waals surface area contributed by atoms with Crippen molar-refractivity contribution in [3.05, 3.63) is 30.6 Å². The summed E-state index contributed by atoms with van der Waals surface area (Å²) >= 11 is 0. The van der Waals surface area contributed by atoms with Crippen molar-refractivity contribution >= 4 is 11.6 Å². The largest absolute Gasteiger partial charge is 0.370 e. The van der Waals surface area contributed by atoms with Crippen LogP contribution in [0.1, 0.15) is 26.1 Å². The van der Waals surface area contributed by atoms with Gasteiger partial charge in [0.2, 0.25) is 0 Å². The Morgan fingerprint density at radius 2 is 2.10 bits per heavy atom. The van der Waals surface area contributed by atoms with Crippen LogP contribution >= 0.6 is 0 Å². The van der Waals surface area contributed by atoms with Crippen molar-refractivity contribution in [1.29, 1.82) is 0 Å². The first kappa shape index (κ1) is 14.3. The van der Waals surface area contributed by atoms with Gasteiger partial charge in [0.15, 0.2) is 0 Å². The Morgan fingerprint density at radius 3 is 2.80 bits per heavy atom. The van der Waals surface area contributed by atoms with Crippen molar-refractivity contribution in [2.75, 3.05) is 17.2 Å². The molecule has 2 rings (SSSR count). The van der Waals surface area contributed by atoms with Crippen LogP contribution in [0.2, 0.25) is 0 Å². The SMILES string of the molecule is CCCNc1cc(NC(C)Cn2ccnc2)nc(C)n1. The Bertz CT molecular complexity index is 522. The highest BCUT2D eigenvalue weighted by molar-refractivity contribution is 5.47. The Kier molecular flexibility index (Phi) is 4.92. The van der Waals surface area contributed by atoms with Crippen LogP contribution in [0.25, 0.3) is 0 Å². The van der Waals surface area contributed by atoms with E-state index >= 15 is 0 Å². The molecule has 2 aromatic rings. The monoisotopic (exact) mass is 274 g/mol. The summed E-state index contributed by atoms with van der Waals surface area (Å²) in [5.74, 6) is 2.49. The second kappa shape index (κ2) is 6.88. The van der Waals surface area contributed by atoms with Gasteiger partial charge in [-0.25, -0.2) is 15.0 Å². The highest BCUT2D eigenvalue weighted by Gasteiger charge is 2.06. The molecule has 1 unspecified atom stereocenters. The minimum atomic E-state index is 0.262. The van der Waals surface area contributed by atoms with Gasteiger partial charge >= 0.3 is 0 Å². The summed E-state index contributed by atoms with van der Waals surface area (Å²) in [7, 11) is 0. The number of nitrogens with one attached hydrogen (secondary N) is 2. The summed E-state index contributed by atoms with van der Waals surface area (Å²) in [4.78, 5) is 12.8. The van der Waals surface area contributed by atoms with E-state index in [1.807, 2.05) is 30.1 Å². The third-order valence-electron chi connectivity index (χ3n) is 2.83. The summed E-state index contributed by atoms with van der Waals surface area (Å²) in [6.45, 7) is 7.92. The summed E-state index contributed by atoms with van der Waals surface area (Å²) < 4.78 is 2.04. The molecular formula is C14H22N6. The zero-order chi connectivity index (χ0) is 14.4.